The van der Waals surface area contributed by atoms with Gasteiger partial charge in [-0.15, -0.1) is 0 Å². The van der Waals surface area contributed by atoms with Crippen molar-refractivity contribution in [3.05, 3.63) is 58.4 Å². The zero-order valence-electron chi connectivity index (χ0n) is 14.5. The highest BCUT2D eigenvalue weighted by atomic mass is 32.2. The summed E-state index contributed by atoms with van der Waals surface area (Å²) in [6, 6.07) is 11.4. The van der Waals surface area contributed by atoms with E-state index >= 15 is 0 Å². The molecule has 3 rings (SSSR count). The summed E-state index contributed by atoms with van der Waals surface area (Å²) in [5.74, 6) is 0.840. The Morgan fingerprint density at radius 2 is 1.69 bits per heavy atom. The summed E-state index contributed by atoms with van der Waals surface area (Å²) in [5.41, 5.74) is 0.557. The first-order valence-corrected chi connectivity index (χ1v) is 9.22. The third-order valence-electron chi connectivity index (χ3n) is 3.95. The van der Waals surface area contributed by atoms with E-state index in [9.17, 15) is 13.2 Å². The lowest BCUT2D eigenvalue weighted by Crippen LogP contribution is -2.24. The monoisotopic (exact) mass is 374 g/mol. The van der Waals surface area contributed by atoms with Gasteiger partial charge in [-0.25, -0.2) is 8.42 Å². The summed E-state index contributed by atoms with van der Waals surface area (Å²) in [7, 11) is -1.16. The molecule has 0 radical (unpaired) electrons. The number of aromatic nitrogens is 1. The number of aromatic amines is 1. The van der Waals surface area contributed by atoms with Gasteiger partial charge in [0.1, 0.15) is 0 Å². The third kappa shape index (κ3) is 3.11. The van der Waals surface area contributed by atoms with Crippen molar-refractivity contribution in [1.29, 1.82) is 0 Å². The third-order valence-corrected chi connectivity index (χ3v) is 5.48. The molecule has 0 unspecified atom stereocenters. The Hall–Kier alpha value is -3.00. The highest BCUT2D eigenvalue weighted by Gasteiger charge is 2.23. The van der Waals surface area contributed by atoms with Gasteiger partial charge in [-0.05, 0) is 31.2 Å². The molecule has 2 N–H and O–H groups in total. The van der Waals surface area contributed by atoms with Crippen molar-refractivity contribution in [3.63, 3.8) is 0 Å². The van der Waals surface area contributed by atoms with E-state index in [4.69, 9.17) is 9.47 Å². The first-order chi connectivity index (χ1) is 12.4. The quantitative estimate of drug-likeness (QED) is 0.715. The molecule has 0 amide bonds. The molecule has 2 aromatic carbocycles. The van der Waals surface area contributed by atoms with Crippen molar-refractivity contribution in [2.45, 2.75) is 11.8 Å². The normalized spacial score (nSPS) is 11.3. The lowest BCUT2D eigenvalue weighted by Gasteiger charge is -2.13. The van der Waals surface area contributed by atoms with Crippen molar-refractivity contribution >= 4 is 26.6 Å². The molecular weight excluding hydrogens is 356 g/mol. The maximum Gasteiger partial charge on any atom is 0.267 e. The van der Waals surface area contributed by atoms with E-state index in [2.05, 4.69) is 9.71 Å². The summed E-state index contributed by atoms with van der Waals surface area (Å²) in [5, 5.41) is 0.311. The van der Waals surface area contributed by atoms with E-state index in [-0.39, 0.29) is 16.3 Å². The van der Waals surface area contributed by atoms with Crippen LogP contribution in [0.25, 0.3) is 10.9 Å². The minimum Gasteiger partial charge on any atom is -0.493 e. The van der Waals surface area contributed by atoms with E-state index in [0.717, 1.165) is 0 Å². The molecule has 0 fully saturated rings. The van der Waals surface area contributed by atoms with Crippen LogP contribution in [0.5, 0.6) is 11.5 Å². The number of benzene rings is 2. The summed E-state index contributed by atoms with van der Waals surface area (Å²) in [4.78, 5) is 15.4. The van der Waals surface area contributed by atoms with Gasteiger partial charge in [-0.3, -0.25) is 9.52 Å². The van der Waals surface area contributed by atoms with Crippen LogP contribution in [0.15, 0.2) is 52.2 Å². The molecule has 3 aromatic rings. The fourth-order valence-corrected chi connectivity index (χ4v) is 4.12. The predicted molar refractivity (Wildman–Crippen MR) is 99.7 cm³/mol. The molecule has 1 aromatic heterocycles. The Balaban J connectivity index is 2.09. The van der Waals surface area contributed by atoms with Crippen molar-refractivity contribution in [3.8, 4) is 11.5 Å². The summed E-state index contributed by atoms with van der Waals surface area (Å²) < 4.78 is 38.4. The van der Waals surface area contributed by atoms with Gasteiger partial charge in [0.05, 0.1) is 19.9 Å². The second-order valence-corrected chi connectivity index (χ2v) is 7.25. The average molecular weight is 374 g/mol. The summed E-state index contributed by atoms with van der Waals surface area (Å²) in [6.07, 6.45) is 0. The minimum atomic E-state index is -4.10. The Labute approximate surface area is 150 Å². The number of hydrogen-bond acceptors (Lipinski definition) is 5. The molecule has 0 saturated carbocycles. The van der Waals surface area contributed by atoms with Crippen LogP contribution in [0, 0.1) is 6.92 Å². The summed E-state index contributed by atoms with van der Waals surface area (Å²) in [6.45, 7) is 1.55. The van der Waals surface area contributed by atoms with Gasteiger partial charge in [0, 0.05) is 22.7 Å². The molecule has 0 spiro atoms. The number of para-hydroxylation sites is 1. The smallest absolute Gasteiger partial charge is 0.267 e. The zero-order chi connectivity index (χ0) is 18.9. The van der Waals surface area contributed by atoms with Gasteiger partial charge in [0.25, 0.3) is 10.0 Å². The SMILES string of the molecule is COc1ccc(NS(=O)(=O)c2c(C)[nH]c3ccccc3c2=O)cc1OC. The van der Waals surface area contributed by atoms with Crippen molar-refractivity contribution in [1.82, 2.24) is 4.98 Å². The molecule has 0 saturated heterocycles. The number of sulfonamides is 1. The van der Waals surface area contributed by atoms with Crippen LogP contribution in [-0.4, -0.2) is 27.6 Å². The van der Waals surface area contributed by atoms with Crippen LogP contribution >= 0.6 is 0 Å². The second kappa shape index (κ2) is 6.72. The number of rotatable bonds is 5. The first kappa shape index (κ1) is 17.8. The van der Waals surface area contributed by atoms with E-state index < -0.39 is 15.5 Å². The Morgan fingerprint density at radius 1 is 1.00 bits per heavy atom. The Kier molecular flexibility index (Phi) is 4.60. The highest BCUT2D eigenvalue weighted by Crippen LogP contribution is 2.30. The molecule has 136 valence electrons. The minimum absolute atomic E-state index is 0.259. The van der Waals surface area contributed by atoms with Gasteiger partial charge in [-0.2, -0.15) is 0 Å². The van der Waals surface area contributed by atoms with Crippen LogP contribution < -0.4 is 19.6 Å². The molecule has 0 aliphatic carbocycles. The van der Waals surface area contributed by atoms with Crippen LogP contribution in [0.4, 0.5) is 5.69 Å². The molecule has 8 heteroatoms. The Morgan fingerprint density at radius 3 is 2.38 bits per heavy atom. The molecule has 0 aliphatic heterocycles. The number of methoxy groups -OCH3 is 2. The Bertz CT molecular complexity index is 1140. The van der Waals surface area contributed by atoms with Gasteiger partial charge in [-0.1, -0.05) is 12.1 Å². The zero-order valence-corrected chi connectivity index (χ0v) is 15.3. The van der Waals surface area contributed by atoms with Crippen molar-refractivity contribution < 1.29 is 17.9 Å². The number of nitrogens with one attached hydrogen (secondary N) is 2. The van der Waals surface area contributed by atoms with E-state index in [1.807, 2.05) is 0 Å². The fourth-order valence-electron chi connectivity index (χ4n) is 2.77. The van der Waals surface area contributed by atoms with E-state index in [1.165, 1.54) is 26.4 Å². The fraction of sp³-hybridized carbons (Fsp3) is 0.167. The maximum atomic E-state index is 12.8. The van der Waals surface area contributed by atoms with E-state index in [1.54, 1.807) is 37.3 Å². The van der Waals surface area contributed by atoms with E-state index in [0.29, 0.717) is 22.4 Å². The standard InChI is InChI=1S/C18H18N2O5S/c1-11-18(17(21)13-6-4-5-7-14(13)19-11)26(22,23)20-12-8-9-15(24-2)16(10-12)25-3/h4-10,20H,1-3H3,(H,19,21). The molecule has 0 atom stereocenters. The van der Waals surface area contributed by atoms with Crippen LogP contribution in [0.3, 0.4) is 0 Å². The molecule has 0 bridgehead atoms. The topological polar surface area (TPSA) is 97.5 Å². The molecule has 26 heavy (non-hydrogen) atoms. The van der Waals surface area contributed by atoms with Gasteiger partial charge < -0.3 is 14.5 Å². The lowest BCUT2D eigenvalue weighted by atomic mass is 10.2. The number of ether oxygens (including phenoxy) is 2. The largest absolute Gasteiger partial charge is 0.493 e. The number of fused-ring (bicyclic) bond motifs is 1. The number of hydrogen-bond donors (Lipinski definition) is 2. The maximum absolute atomic E-state index is 12.8. The van der Waals surface area contributed by atoms with Crippen LogP contribution in [0.1, 0.15) is 5.69 Å². The van der Waals surface area contributed by atoms with Gasteiger partial charge in [0.15, 0.2) is 16.4 Å². The van der Waals surface area contributed by atoms with Crippen LogP contribution in [0.2, 0.25) is 0 Å². The first-order valence-electron chi connectivity index (χ1n) is 7.74. The summed E-state index contributed by atoms with van der Waals surface area (Å²) >= 11 is 0. The average Bonchev–Trinajstić information content (AvgIpc) is 2.61. The second-order valence-electron chi connectivity index (χ2n) is 5.63. The number of H-pyrrole nitrogens is 1. The predicted octanol–water partition coefficient (Wildman–Crippen LogP) is 2.65. The van der Waals surface area contributed by atoms with Crippen LogP contribution in [-0.2, 0) is 10.0 Å². The number of pyridine rings is 1. The molecule has 7 nitrogen and oxygen atoms in total. The number of aryl methyl sites for hydroxylation is 1. The molecule has 0 aliphatic rings. The molecule has 1 heterocycles. The highest BCUT2D eigenvalue weighted by molar-refractivity contribution is 7.92. The van der Waals surface area contributed by atoms with Crippen molar-refractivity contribution in [2.24, 2.45) is 0 Å². The van der Waals surface area contributed by atoms with Gasteiger partial charge >= 0.3 is 0 Å². The lowest BCUT2D eigenvalue weighted by molar-refractivity contribution is 0.355. The van der Waals surface area contributed by atoms with Crippen molar-refractivity contribution in [2.75, 3.05) is 18.9 Å². The van der Waals surface area contributed by atoms with Gasteiger partial charge in [0.2, 0.25) is 5.43 Å². The number of anilines is 1. The molecular formula is C18H18N2O5S.